The first kappa shape index (κ1) is 19.3. The summed E-state index contributed by atoms with van der Waals surface area (Å²) in [5.41, 5.74) is 0.702. The highest BCUT2D eigenvalue weighted by Crippen LogP contribution is 2.32. The zero-order valence-electron chi connectivity index (χ0n) is 14.8. The number of anilines is 1. The van der Waals surface area contributed by atoms with Crippen LogP contribution in [-0.2, 0) is 9.59 Å². The number of urea groups is 1. The third kappa shape index (κ3) is 5.23. The van der Waals surface area contributed by atoms with Crippen LogP contribution in [0, 0.1) is 0 Å². The molecule has 1 heterocycles. The molecule has 8 nitrogen and oxygen atoms in total. The van der Waals surface area contributed by atoms with E-state index in [1.807, 2.05) is 13.0 Å². The van der Waals surface area contributed by atoms with Gasteiger partial charge in [-0.3, -0.25) is 14.9 Å². The standard InChI is InChI=1S/C18H24N4O4/c1-3-9-19-17(24)15-11-22(13-7-5-6-8-14(13)26-15)12-16(23)21-18(25)20-10-4-2/h4-8,15H,2-3,9-12H2,1H3,(H,19,24)(H2,20,21,23,25). The van der Waals surface area contributed by atoms with Crippen LogP contribution in [0.2, 0.25) is 0 Å². The van der Waals surface area contributed by atoms with Crippen molar-refractivity contribution in [2.45, 2.75) is 19.4 Å². The number of nitrogens with zero attached hydrogens (tertiary/aromatic N) is 1. The minimum Gasteiger partial charge on any atom is -0.477 e. The molecule has 0 aliphatic carbocycles. The van der Waals surface area contributed by atoms with Gasteiger partial charge in [-0.2, -0.15) is 0 Å². The molecule has 0 aromatic heterocycles. The summed E-state index contributed by atoms with van der Waals surface area (Å²) in [5.74, 6) is -0.175. The second-order valence-corrected chi connectivity index (χ2v) is 5.79. The van der Waals surface area contributed by atoms with E-state index in [-0.39, 0.29) is 25.5 Å². The molecule has 0 fully saturated rings. The van der Waals surface area contributed by atoms with Gasteiger partial charge in [-0.05, 0) is 18.6 Å². The van der Waals surface area contributed by atoms with Crippen molar-refractivity contribution in [3.05, 3.63) is 36.9 Å². The van der Waals surface area contributed by atoms with E-state index < -0.39 is 18.0 Å². The molecule has 1 aliphatic rings. The summed E-state index contributed by atoms with van der Waals surface area (Å²) in [7, 11) is 0. The minimum absolute atomic E-state index is 0.0700. The molecule has 0 bridgehead atoms. The maximum absolute atomic E-state index is 12.3. The zero-order valence-corrected chi connectivity index (χ0v) is 14.8. The Morgan fingerprint density at radius 2 is 2.08 bits per heavy atom. The van der Waals surface area contributed by atoms with Crippen LogP contribution in [0.15, 0.2) is 36.9 Å². The fraction of sp³-hybridized carbons (Fsp3) is 0.389. The molecule has 1 unspecified atom stereocenters. The molecule has 140 valence electrons. The van der Waals surface area contributed by atoms with Gasteiger partial charge in [-0.1, -0.05) is 25.1 Å². The fourth-order valence-corrected chi connectivity index (χ4v) is 2.50. The van der Waals surface area contributed by atoms with Crippen molar-refractivity contribution in [1.82, 2.24) is 16.0 Å². The second-order valence-electron chi connectivity index (χ2n) is 5.79. The van der Waals surface area contributed by atoms with Crippen LogP contribution in [0.25, 0.3) is 0 Å². The third-order valence-electron chi connectivity index (χ3n) is 3.70. The SMILES string of the molecule is C=CCNC(=O)NC(=O)CN1CC(C(=O)NCCC)Oc2ccccc21. The fourth-order valence-electron chi connectivity index (χ4n) is 2.50. The van der Waals surface area contributed by atoms with Gasteiger partial charge >= 0.3 is 6.03 Å². The zero-order chi connectivity index (χ0) is 18.9. The number of ether oxygens (including phenoxy) is 1. The highest BCUT2D eigenvalue weighted by Gasteiger charge is 2.31. The van der Waals surface area contributed by atoms with Gasteiger partial charge in [0.15, 0.2) is 6.10 Å². The lowest BCUT2D eigenvalue weighted by molar-refractivity contribution is -0.128. The summed E-state index contributed by atoms with van der Waals surface area (Å²) in [6.07, 6.45) is 1.61. The number of benzene rings is 1. The predicted octanol–water partition coefficient (Wildman–Crippen LogP) is 0.792. The molecule has 1 aromatic carbocycles. The number of hydrogen-bond donors (Lipinski definition) is 3. The van der Waals surface area contributed by atoms with Crippen molar-refractivity contribution in [3.63, 3.8) is 0 Å². The van der Waals surface area contributed by atoms with Crippen molar-refractivity contribution < 1.29 is 19.1 Å². The van der Waals surface area contributed by atoms with E-state index in [0.29, 0.717) is 18.0 Å². The molecule has 8 heteroatoms. The summed E-state index contributed by atoms with van der Waals surface area (Å²) >= 11 is 0. The number of hydrogen-bond acceptors (Lipinski definition) is 5. The summed E-state index contributed by atoms with van der Waals surface area (Å²) in [6.45, 7) is 6.42. The van der Waals surface area contributed by atoms with Crippen LogP contribution in [0.1, 0.15) is 13.3 Å². The van der Waals surface area contributed by atoms with E-state index in [0.717, 1.165) is 6.42 Å². The monoisotopic (exact) mass is 360 g/mol. The Kier molecular flexibility index (Phi) is 7.02. The number of fused-ring (bicyclic) bond motifs is 1. The van der Waals surface area contributed by atoms with E-state index in [2.05, 4.69) is 22.5 Å². The molecule has 0 saturated carbocycles. The van der Waals surface area contributed by atoms with Gasteiger partial charge in [0, 0.05) is 13.1 Å². The molecule has 1 aliphatic heterocycles. The number of amides is 4. The Balaban J connectivity index is 2.05. The van der Waals surface area contributed by atoms with E-state index in [4.69, 9.17) is 4.74 Å². The van der Waals surface area contributed by atoms with Gasteiger partial charge in [0.25, 0.3) is 5.91 Å². The topological polar surface area (TPSA) is 99.8 Å². The van der Waals surface area contributed by atoms with Gasteiger partial charge in [0.05, 0.1) is 18.8 Å². The molecule has 0 radical (unpaired) electrons. The molecule has 1 aromatic rings. The van der Waals surface area contributed by atoms with Crippen molar-refractivity contribution in [2.75, 3.05) is 31.1 Å². The first-order chi connectivity index (χ1) is 12.5. The Labute approximate surface area is 152 Å². The highest BCUT2D eigenvalue weighted by atomic mass is 16.5. The second kappa shape index (κ2) is 9.45. The maximum atomic E-state index is 12.3. The third-order valence-corrected chi connectivity index (χ3v) is 3.70. The molecule has 0 spiro atoms. The van der Waals surface area contributed by atoms with Gasteiger partial charge < -0.3 is 20.3 Å². The predicted molar refractivity (Wildman–Crippen MR) is 98.1 cm³/mol. The van der Waals surface area contributed by atoms with Crippen molar-refractivity contribution in [1.29, 1.82) is 0 Å². The molecule has 1 atom stereocenters. The number of carbonyl (C=O) groups is 3. The number of para-hydroxylation sites is 2. The number of rotatable bonds is 7. The summed E-state index contributed by atoms with van der Waals surface area (Å²) in [4.78, 5) is 37.7. The van der Waals surface area contributed by atoms with Crippen LogP contribution < -0.4 is 25.6 Å². The van der Waals surface area contributed by atoms with Gasteiger partial charge in [0.1, 0.15) is 5.75 Å². The number of carbonyl (C=O) groups excluding carboxylic acids is 3. The first-order valence-corrected chi connectivity index (χ1v) is 8.52. The van der Waals surface area contributed by atoms with E-state index >= 15 is 0 Å². The first-order valence-electron chi connectivity index (χ1n) is 8.52. The van der Waals surface area contributed by atoms with Crippen molar-refractivity contribution >= 4 is 23.5 Å². The number of nitrogens with one attached hydrogen (secondary N) is 3. The largest absolute Gasteiger partial charge is 0.477 e. The molecule has 2 rings (SSSR count). The minimum atomic E-state index is -0.723. The van der Waals surface area contributed by atoms with Crippen LogP contribution in [0.4, 0.5) is 10.5 Å². The lowest BCUT2D eigenvalue weighted by atomic mass is 10.1. The van der Waals surface area contributed by atoms with Crippen LogP contribution in [-0.4, -0.2) is 50.1 Å². The molecule has 0 saturated heterocycles. The molecular formula is C18H24N4O4. The Morgan fingerprint density at radius 1 is 1.31 bits per heavy atom. The Hall–Kier alpha value is -3.03. The smallest absolute Gasteiger partial charge is 0.321 e. The number of imide groups is 1. The van der Waals surface area contributed by atoms with Crippen LogP contribution >= 0.6 is 0 Å². The molecule has 3 N–H and O–H groups in total. The van der Waals surface area contributed by atoms with Crippen molar-refractivity contribution in [3.8, 4) is 5.75 Å². The summed E-state index contributed by atoms with van der Waals surface area (Å²) < 4.78 is 5.76. The van der Waals surface area contributed by atoms with Gasteiger partial charge in [0.2, 0.25) is 5.91 Å². The van der Waals surface area contributed by atoms with Crippen molar-refractivity contribution in [2.24, 2.45) is 0 Å². The Morgan fingerprint density at radius 3 is 2.81 bits per heavy atom. The van der Waals surface area contributed by atoms with E-state index in [1.54, 1.807) is 23.1 Å². The Bertz CT molecular complexity index is 677. The van der Waals surface area contributed by atoms with Crippen LogP contribution in [0.5, 0.6) is 5.75 Å². The summed E-state index contributed by atoms with van der Waals surface area (Å²) in [5, 5.41) is 7.52. The van der Waals surface area contributed by atoms with Crippen LogP contribution in [0.3, 0.4) is 0 Å². The van der Waals surface area contributed by atoms with Gasteiger partial charge in [-0.25, -0.2) is 4.79 Å². The maximum Gasteiger partial charge on any atom is 0.321 e. The molecular weight excluding hydrogens is 336 g/mol. The molecule has 4 amide bonds. The summed E-state index contributed by atoms with van der Waals surface area (Å²) in [6, 6.07) is 6.58. The normalized spacial score (nSPS) is 15.3. The lowest BCUT2D eigenvalue weighted by Gasteiger charge is -2.35. The average molecular weight is 360 g/mol. The highest BCUT2D eigenvalue weighted by molar-refractivity contribution is 5.97. The quantitative estimate of drug-likeness (QED) is 0.625. The van der Waals surface area contributed by atoms with E-state index in [1.165, 1.54) is 6.08 Å². The van der Waals surface area contributed by atoms with E-state index in [9.17, 15) is 14.4 Å². The van der Waals surface area contributed by atoms with Gasteiger partial charge in [-0.15, -0.1) is 6.58 Å². The lowest BCUT2D eigenvalue weighted by Crippen LogP contribution is -2.52. The molecule has 26 heavy (non-hydrogen) atoms. The average Bonchev–Trinajstić information content (AvgIpc) is 2.64.